The predicted octanol–water partition coefficient (Wildman–Crippen LogP) is 14.1. The van der Waals surface area contributed by atoms with Crippen molar-refractivity contribution in [3.63, 3.8) is 0 Å². The van der Waals surface area contributed by atoms with Gasteiger partial charge in [0.05, 0.1) is 70.7 Å². The van der Waals surface area contributed by atoms with Gasteiger partial charge in [0.1, 0.15) is 30.2 Å². The maximum absolute atomic E-state index is 12.7. The lowest BCUT2D eigenvalue weighted by atomic mass is 10.0. The van der Waals surface area contributed by atoms with Crippen LogP contribution in [0.4, 0.5) is 13.2 Å². The summed E-state index contributed by atoms with van der Waals surface area (Å²) >= 11 is 4.90. The predicted molar refractivity (Wildman–Crippen MR) is 411 cm³/mol. The van der Waals surface area contributed by atoms with Gasteiger partial charge in [-0.3, -0.25) is 24.0 Å². The topological polar surface area (TPSA) is 277 Å². The Hall–Kier alpha value is -8.45. The third kappa shape index (κ3) is 43.9. The third-order valence-corrected chi connectivity index (χ3v) is 16.4. The first-order valence-electron chi connectivity index (χ1n) is 36.3. The first-order chi connectivity index (χ1) is 50.0. The Morgan fingerprint density at radius 1 is 0.377 bits per heavy atom. The van der Waals surface area contributed by atoms with Gasteiger partial charge < -0.3 is 50.3 Å². The Morgan fingerprint density at radius 3 is 1.03 bits per heavy atom. The van der Waals surface area contributed by atoms with Gasteiger partial charge in [-0.05, 0) is 113 Å². The van der Waals surface area contributed by atoms with Crippen molar-refractivity contribution in [1.29, 1.82) is 0 Å². The number of nitrogens with one attached hydrogen (secondary N) is 5. The van der Waals surface area contributed by atoms with Crippen LogP contribution in [0.25, 0.3) is 0 Å². The molecule has 20 nitrogen and oxygen atoms in total. The van der Waals surface area contributed by atoms with Gasteiger partial charge in [0.25, 0.3) is 0 Å². The summed E-state index contributed by atoms with van der Waals surface area (Å²) in [5.74, 6) is -1.78. The van der Waals surface area contributed by atoms with Gasteiger partial charge in [0, 0.05) is 9.35 Å². The lowest BCUT2D eigenvalue weighted by Crippen LogP contribution is -2.46. The van der Waals surface area contributed by atoms with Gasteiger partial charge in [-0.25, -0.2) is 24.0 Å². The van der Waals surface area contributed by atoms with Crippen molar-refractivity contribution in [2.45, 2.75) is 211 Å². The van der Waals surface area contributed by atoms with E-state index in [1.807, 2.05) is 199 Å². The molecule has 0 saturated carbocycles. The van der Waals surface area contributed by atoms with E-state index in [1.54, 1.807) is 6.92 Å². The van der Waals surface area contributed by atoms with Crippen molar-refractivity contribution in [3.05, 3.63) is 164 Å². The highest BCUT2D eigenvalue weighted by atomic mass is 79.9. The number of ether oxygens (including phenoxy) is 5. The fraction of sp³-hybridized carbons (Fsp3) is 0.531. The average Bonchev–Trinajstić information content (AvgIpc) is 0.916. The number of thiophene rings is 1. The molecule has 25 heteroatoms. The highest BCUT2D eigenvalue weighted by Gasteiger charge is 2.31. The molecule has 5 rings (SSSR count). The average molecular weight is 1570 g/mol. The third-order valence-electron chi connectivity index (χ3n) is 15.0. The lowest BCUT2D eigenvalue weighted by molar-refractivity contribution is -0.150. The van der Waals surface area contributed by atoms with E-state index in [2.05, 4.69) is 49.4 Å². The second-order valence-electron chi connectivity index (χ2n) is 27.4. The van der Waals surface area contributed by atoms with Crippen LogP contribution in [-0.2, 0) is 110 Å². The number of carbonyl (C=O) groups excluding carboxylic acids is 10. The van der Waals surface area contributed by atoms with E-state index in [1.165, 1.54) is 23.5 Å². The van der Waals surface area contributed by atoms with Crippen LogP contribution in [-0.4, -0.2) is 123 Å². The van der Waals surface area contributed by atoms with E-state index in [0.717, 1.165) is 44.6 Å². The summed E-state index contributed by atoms with van der Waals surface area (Å²) in [7, 11) is 0. The maximum atomic E-state index is 12.7. The number of hydrogen-bond acceptors (Lipinski definition) is 16. The summed E-state index contributed by atoms with van der Waals surface area (Å²) in [4.78, 5) is 120. The number of amides is 5. The van der Waals surface area contributed by atoms with Crippen molar-refractivity contribution in [3.8, 4) is 0 Å². The summed E-state index contributed by atoms with van der Waals surface area (Å²) in [6.07, 6.45) is -0.732. The number of benzene rings is 4. The van der Waals surface area contributed by atoms with Crippen molar-refractivity contribution in [2.75, 3.05) is 33.0 Å². The number of rotatable bonds is 36. The number of esters is 5. The Labute approximate surface area is 638 Å². The standard InChI is InChI=1S/C18H27NO3.C17H22F3NO3.C16H22BrNO3.C16H23NO3.C14H21NO3S/c1-5-14(4)12-22-18(21)17(13(2)3)19-16(20)11-15-9-7-6-8-10-15;1-4-14(16(23)24-10-11(2)3)21-15(22)9-12-6-5-7-13(8-12)17(18,19)20;1-4-14(16(20)21-10-11(2)3)18-15(19)9-12-6-5-7-13(17)8-12;1-4-14(16(19)20-11-12(2)3)17-15(18)10-13-8-6-5-7-9-13;1-4-12(14(17)18-9-10(2)3)15-13(16)8-11-6-5-7-19-11/h6-10,13-14,17H,5,11-12H2,1-4H3,(H,19,20);5-8,11,14H,4,9-10H2,1-3H3,(H,21,22);5-8,11,14H,4,9-10H2,1-3H3,(H,18,19);5-9,12,14H,4,10-11H2,1-3H3,(H,17,18);5-7,10,12H,4,8-9H2,1-3H3,(H,15,16)/t14?,17-;;;;/m0..../s1. The molecule has 0 saturated heterocycles. The van der Waals surface area contributed by atoms with Gasteiger partial charge in [-0.1, -0.05) is 230 Å². The van der Waals surface area contributed by atoms with E-state index in [4.69, 9.17) is 23.7 Å². The largest absolute Gasteiger partial charge is 0.464 e. The zero-order valence-electron chi connectivity index (χ0n) is 64.6. The summed E-state index contributed by atoms with van der Waals surface area (Å²) in [5, 5.41) is 15.4. The van der Waals surface area contributed by atoms with Crippen LogP contribution in [0.5, 0.6) is 0 Å². The molecule has 5 aromatic rings. The molecule has 0 aliphatic carbocycles. The van der Waals surface area contributed by atoms with Crippen LogP contribution < -0.4 is 26.6 Å². The van der Waals surface area contributed by atoms with E-state index in [9.17, 15) is 61.1 Å². The summed E-state index contributed by atoms with van der Waals surface area (Å²) < 4.78 is 64.8. The van der Waals surface area contributed by atoms with Gasteiger partial charge in [0.15, 0.2) is 0 Å². The Balaban J connectivity index is 0.000000664. The minimum Gasteiger partial charge on any atom is -0.464 e. The molecular formula is C81H115BrF3N5O15S. The number of carbonyl (C=O) groups is 10. The van der Waals surface area contributed by atoms with E-state index in [-0.39, 0.29) is 109 Å². The molecule has 4 aromatic carbocycles. The molecule has 1 heterocycles. The van der Waals surface area contributed by atoms with Crippen LogP contribution in [0.1, 0.15) is 176 Å². The quantitative estimate of drug-likeness (QED) is 0.0184. The van der Waals surface area contributed by atoms with Crippen LogP contribution in [0.15, 0.2) is 131 Å². The van der Waals surface area contributed by atoms with Crippen molar-refractivity contribution >= 4 is 86.6 Å². The van der Waals surface area contributed by atoms with Gasteiger partial charge in [-0.2, -0.15) is 13.2 Å². The maximum Gasteiger partial charge on any atom is 0.416 e. The zero-order chi connectivity index (χ0) is 79.9. The van der Waals surface area contributed by atoms with Crippen LogP contribution in [0, 0.1) is 35.5 Å². The smallest absolute Gasteiger partial charge is 0.416 e. The van der Waals surface area contributed by atoms with Crippen LogP contribution in [0.3, 0.4) is 0 Å². The molecule has 588 valence electrons. The molecule has 0 radical (unpaired) electrons. The number of hydrogen-bond donors (Lipinski definition) is 5. The Morgan fingerprint density at radius 2 is 0.708 bits per heavy atom. The highest BCUT2D eigenvalue weighted by molar-refractivity contribution is 9.10. The highest BCUT2D eigenvalue weighted by Crippen LogP contribution is 2.30. The first-order valence-corrected chi connectivity index (χ1v) is 38.0. The van der Waals surface area contributed by atoms with Crippen molar-refractivity contribution in [2.24, 2.45) is 35.5 Å². The van der Waals surface area contributed by atoms with Gasteiger partial charge in [-0.15, -0.1) is 11.3 Å². The second-order valence-corrected chi connectivity index (χ2v) is 29.4. The molecular weight excluding hydrogens is 1450 g/mol. The Kier molecular flexibility index (Phi) is 48.1. The van der Waals surface area contributed by atoms with Crippen LogP contribution in [0.2, 0.25) is 0 Å². The monoisotopic (exact) mass is 1570 g/mol. The molecule has 0 aliphatic rings. The molecule has 0 bridgehead atoms. The fourth-order valence-electron chi connectivity index (χ4n) is 8.85. The molecule has 106 heavy (non-hydrogen) atoms. The minimum absolute atomic E-state index is 0.0100. The summed E-state index contributed by atoms with van der Waals surface area (Å²) in [6, 6.07) is 31.7. The lowest BCUT2D eigenvalue weighted by Gasteiger charge is -2.21. The van der Waals surface area contributed by atoms with E-state index >= 15 is 0 Å². The van der Waals surface area contributed by atoms with Crippen LogP contribution >= 0.6 is 27.3 Å². The van der Waals surface area contributed by atoms with Crippen molar-refractivity contribution < 1.29 is 84.8 Å². The number of alkyl halides is 3. The molecule has 5 unspecified atom stereocenters. The molecule has 0 aliphatic heterocycles. The first kappa shape index (κ1) is 95.6. The molecule has 5 amide bonds. The summed E-state index contributed by atoms with van der Waals surface area (Å²) in [6.45, 7) is 32.6. The Bertz CT molecular complexity index is 3390. The van der Waals surface area contributed by atoms with Crippen molar-refractivity contribution in [1.82, 2.24) is 26.6 Å². The van der Waals surface area contributed by atoms with Gasteiger partial charge >= 0.3 is 36.0 Å². The zero-order valence-corrected chi connectivity index (χ0v) is 67.0. The SMILES string of the molecule is CCC(C)COC(=O)[C@@H](NC(=O)Cc1ccccc1)C(C)C.CCC(NC(=O)Cc1cccc(Br)c1)C(=O)OCC(C)C.CCC(NC(=O)Cc1cccc(C(F)(F)F)c1)C(=O)OCC(C)C.CCC(NC(=O)Cc1ccccc1)C(=O)OCC(C)C.CCC(NC(=O)Cc1cccs1)C(=O)OCC(C)C. The molecule has 1 aromatic heterocycles. The van der Waals surface area contributed by atoms with Gasteiger partial charge in [0.2, 0.25) is 29.5 Å². The normalized spacial score (nSPS) is 12.5. The number of halogens is 4. The fourth-order valence-corrected chi connectivity index (χ4v) is 10.0. The molecule has 5 N–H and O–H groups in total. The van der Waals surface area contributed by atoms with E-state index < -0.39 is 53.8 Å². The molecule has 0 spiro atoms. The minimum atomic E-state index is -4.46. The molecule has 0 fully saturated rings. The summed E-state index contributed by atoms with van der Waals surface area (Å²) in [5.41, 5.74) is 2.17. The van der Waals surface area contributed by atoms with E-state index in [0.29, 0.717) is 70.4 Å². The molecule has 6 atom stereocenters. The second kappa shape index (κ2) is 53.3.